The monoisotopic (exact) mass is 464 g/mol. The van der Waals surface area contributed by atoms with Crippen LogP contribution in [0.5, 0.6) is 0 Å². The number of aliphatic hydroxyl groups excluding tert-OH is 1. The lowest BCUT2D eigenvalue weighted by atomic mass is 10.0. The van der Waals surface area contributed by atoms with Crippen LogP contribution in [0.4, 0.5) is 11.4 Å². The van der Waals surface area contributed by atoms with Gasteiger partial charge in [0.2, 0.25) is 0 Å². The van der Waals surface area contributed by atoms with Crippen molar-refractivity contribution in [3.8, 4) is 0 Å². The molecule has 0 bridgehead atoms. The zero-order valence-electron chi connectivity index (χ0n) is 18.0. The number of aliphatic hydroxyl groups is 1. The molecule has 8 nitrogen and oxygen atoms in total. The third-order valence-electron chi connectivity index (χ3n) is 6.37. The highest BCUT2D eigenvalue weighted by molar-refractivity contribution is 6.11. The number of nitrogens with zero attached hydrogens (tertiary/aromatic N) is 4. The first-order valence-electron chi connectivity index (χ1n) is 11.0. The van der Waals surface area contributed by atoms with Gasteiger partial charge in [-0.15, -0.1) is 12.4 Å². The lowest BCUT2D eigenvalue weighted by molar-refractivity contribution is 0.104. The molecule has 3 aromatic rings. The molecule has 170 valence electrons. The van der Waals surface area contributed by atoms with Crippen LogP contribution in [0.25, 0.3) is 11.0 Å². The number of hydrogen-bond donors (Lipinski definition) is 3. The number of allylic oxidation sites excluding steroid dienone is 1. The number of carbonyl (C=O) groups is 1. The lowest BCUT2D eigenvalue weighted by Crippen LogP contribution is -2.39. The molecule has 1 fully saturated rings. The quantitative estimate of drug-likeness (QED) is 0.407. The Hall–Kier alpha value is -3.36. The third kappa shape index (κ3) is 3.85. The number of H-pyrrole nitrogens is 1. The second-order valence-electron chi connectivity index (χ2n) is 8.48. The number of benzene rings is 2. The molecular weight excluding hydrogens is 440 g/mol. The van der Waals surface area contributed by atoms with E-state index in [0.29, 0.717) is 18.7 Å². The standard InChI is InChI=1S/C24H24N6O2.ClH/c31-17-2-1-8-29(13-17)16-4-5-18-20(11-16)28-23(30-9-7-25-24(18)30)12-22(32)15-3-6-19-21(10-15)27-14-26-19;/h3-6,10-12,14,17,28,31H,1-2,7-9,13H2,(H,26,27);1H. The van der Waals surface area contributed by atoms with Gasteiger partial charge < -0.3 is 25.2 Å². The molecule has 0 aliphatic carbocycles. The van der Waals surface area contributed by atoms with Crippen LogP contribution in [0.2, 0.25) is 0 Å². The minimum absolute atomic E-state index is 0. The second-order valence-corrected chi connectivity index (χ2v) is 8.48. The highest BCUT2D eigenvalue weighted by Gasteiger charge is 2.30. The van der Waals surface area contributed by atoms with Crippen molar-refractivity contribution in [2.45, 2.75) is 18.9 Å². The predicted molar refractivity (Wildman–Crippen MR) is 131 cm³/mol. The maximum absolute atomic E-state index is 13.1. The molecule has 0 spiro atoms. The fourth-order valence-corrected chi connectivity index (χ4v) is 4.74. The summed E-state index contributed by atoms with van der Waals surface area (Å²) in [6, 6.07) is 11.8. The maximum atomic E-state index is 13.1. The molecule has 2 aromatic carbocycles. The van der Waals surface area contributed by atoms with E-state index >= 15 is 0 Å². The average Bonchev–Trinajstić information content (AvgIpc) is 3.48. The highest BCUT2D eigenvalue weighted by Crippen LogP contribution is 2.34. The average molecular weight is 465 g/mol. The van der Waals surface area contributed by atoms with Gasteiger partial charge in [0, 0.05) is 42.5 Å². The predicted octanol–water partition coefficient (Wildman–Crippen LogP) is 3.16. The summed E-state index contributed by atoms with van der Waals surface area (Å²) < 4.78 is 0. The van der Waals surface area contributed by atoms with Gasteiger partial charge in [0.05, 0.1) is 35.7 Å². The summed E-state index contributed by atoms with van der Waals surface area (Å²) in [6.07, 6.45) is 4.82. The molecule has 6 rings (SSSR count). The molecule has 0 radical (unpaired) electrons. The van der Waals surface area contributed by atoms with Crippen LogP contribution < -0.4 is 10.2 Å². The van der Waals surface area contributed by atoms with Gasteiger partial charge in [-0.05, 0) is 49.2 Å². The Balaban J connectivity index is 0.00000228. The van der Waals surface area contributed by atoms with Crippen LogP contribution in [0.1, 0.15) is 28.8 Å². The summed E-state index contributed by atoms with van der Waals surface area (Å²) in [5.74, 6) is 1.56. The Labute approximate surface area is 197 Å². The first-order valence-corrected chi connectivity index (χ1v) is 11.0. The molecule has 3 aliphatic heterocycles. The number of anilines is 2. The summed E-state index contributed by atoms with van der Waals surface area (Å²) in [6.45, 7) is 3.01. The van der Waals surface area contributed by atoms with E-state index in [1.807, 2.05) is 12.1 Å². The third-order valence-corrected chi connectivity index (χ3v) is 6.37. The van der Waals surface area contributed by atoms with Crippen molar-refractivity contribution in [2.24, 2.45) is 4.99 Å². The SMILES string of the molecule is Cl.O=C(C=C1Nc2cc(N3CCCC(O)C3)ccc2C2=NCCN12)c1ccc2nc[nH]c2c1. The fraction of sp³-hybridized carbons (Fsp3) is 0.292. The van der Waals surface area contributed by atoms with E-state index in [-0.39, 0.29) is 24.3 Å². The van der Waals surface area contributed by atoms with E-state index in [4.69, 9.17) is 4.99 Å². The number of fused-ring (bicyclic) bond motifs is 4. The molecule has 0 saturated carbocycles. The Morgan fingerprint density at radius 3 is 2.97 bits per heavy atom. The van der Waals surface area contributed by atoms with Gasteiger partial charge in [0.1, 0.15) is 11.7 Å². The van der Waals surface area contributed by atoms with Crippen molar-refractivity contribution >= 4 is 46.4 Å². The number of imidazole rings is 1. The largest absolute Gasteiger partial charge is 0.391 e. The summed E-state index contributed by atoms with van der Waals surface area (Å²) in [5.41, 5.74) is 5.32. The molecule has 0 amide bonds. The number of aromatic nitrogens is 2. The fourth-order valence-electron chi connectivity index (χ4n) is 4.74. The Morgan fingerprint density at radius 2 is 2.09 bits per heavy atom. The zero-order valence-corrected chi connectivity index (χ0v) is 18.8. The Bertz CT molecular complexity index is 1280. The van der Waals surface area contributed by atoms with Gasteiger partial charge in [-0.25, -0.2) is 4.98 Å². The van der Waals surface area contributed by atoms with Crippen molar-refractivity contribution in [1.82, 2.24) is 14.9 Å². The van der Waals surface area contributed by atoms with Gasteiger partial charge in [0.25, 0.3) is 0 Å². The zero-order chi connectivity index (χ0) is 21.7. The van der Waals surface area contributed by atoms with Gasteiger partial charge in [-0.1, -0.05) is 0 Å². The van der Waals surface area contributed by atoms with Gasteiger partial charge >= 0.3 is 0 Å². The number of hydrogen-bond acceptors (Lipinski definition) is 7. The molecule has 9 heteroatoms. The van der Waals surface area contributed by atoms with Gasteiger partial charge in [-0.2, -0.15) is 0 Å². The molecule has 3 N–H and O–H groups in total. The first-order chi connectivity index (χ1) is 15.7. The molecule has 3 aliphatic rings. The van der Waals surface area contributed by atoms with E-state index in [1.165, 1.54) is 0 Å². The second kappa shape index (κ2) is 8.53. The maximum Gasteiger partial charge on any atom is 0.189 e. The number of aliphatic imine (C=N–C) groups is 1. The van der Waals surface area contributed by atoms with Crippen molar-refractivity contribution in [2.75, 3.05) is 36.4 Å². The molecular formula is C24H25ClN6O2. The van der Waals surface area contributed by atoms with E-state index in [9.17, 15) is 9.90 Å². The minimum Gasteiger partial charge on any atom is -0.391 e. The van der Waals surface area contributed by atoms with E-state index in [1.54, 1.807) is 18.5 Å². The number of carbonyl (C=O) groups excluding carboxylic acids is 1. The Morgan fingerprint density at radius 1 is 1.18 bits per heavy atom. The number of halogens is 1. The molecule has 1 atom stereocenters. The number of nitrogens with one attached hydrogen (secondary N) is 2. The normalized spacial score (nSPS) is 20.7. The summed E-state index contributed by atoms with van der Waals surface area (Å²) >= 11 is 0. The molecule has 33 heavy (non-hydrogen) atoms. The van der Waals surface area contributed by atoms with Crippen molar-refractivity contribution < 1.29 is 9.90 Å². The smallest absolute Gasteiger partial charge is 0.189 e. The molecule has 1 saturated heterocycles. The summed E-state index contributed by atoms with van der Waals surface area (Å²) in [4.78, 5) is 29.3. The number of aromatic amines is 1. The summed E-state index contributed by atoms with van der Waals surface area (Å²) in [7, 11) is 0. The first kappa shape index (κ1) is 21.5. The van der Waals surface area contributed by atoms with Crippen LogP contribution in [-0.4, -0.2) is 63.9 Å². The van der Waals surface area contributed by atoms with Crippen LogP contribution >= 0.6 is 12.4 Å². The minimum atomic E-state index is -0.289. The number of rotatable bonds is 3. The van der Waals surface area contributed by atoms with Gasteiger partial charge in [-0.3, -0.25) is 9.79 Å². The number of β-amino-alcohol motifs (C(OH)–C–C–N with tert-alkyl or cyclic N) is 1. The van der Waals surface area contributed by atoms with Crippen LogP contribution in [0.3, 0.4) is 0 Å². The van der Waals surface area contributed by atoms with Gasteiger partial charge in [0.15, 0.2) is 5.78 Å². The number of piperidine rings is 1. The van der Waals surface area contributed by atoms with Crippen LogP contribution in [-0.2, 0) is 0 Å². The summed E-state index contributed by atoms with van der Waals surface area (Å²) in [5, 5.41) is 13.5. The number of ketones is 1. The highest BCUT2D eigenvalue weighted by atomic mass is 35.5. The van der Waals surface area contributed by atoms with Crippen LogP contribution in [0.15, 0.2) is 59.6 Å². The lowest BCUT2D eigenvalue weighted by Gasteiger charge is -2.35. The van der Waals surface area contributed by atoms with E-state index < -0.39 is 0 Å². The Kier molecular flexibility index (Phi) is 5.55. The molecule has 1 unspecified atom stereocenters. The number of amidine groups is 1. The molecule has 1 aromatic heterocycles. The van der Waals surface area contributed by atoms with E-state index in [0.717, 1.165) is 65.6 Å². The molecule has 4 heterocycles. The van der Waals surface area contributed by atoms with Crippen molar-refractivity contribution in [1.29, 1.82) is 0 Å². The van der Waals surface area contributed by atoms with E-state index in [2.05, 4.69) is 43.3 Å². The van der Waals surface area contributed by atoms with Crippen molar-refractivity contribution in [3.63, 3.8) is 0 Å². The topological polar surface area (TPSA) is 96.8 Å². The van der Waals surface area contributed by atoms with Crippen molar-refractivity contribution in [3.05, 3.63) is 65.7 Å². The van der Waals surface area contributed by atoms with Crippen LogP contribution in [0, 0.1) is 0 Å².